The lowest BCUT2D eigenvalue weighted by molar-refractivity contribution is 0.192. The summed E-state index contributed by atoms with van der Waals surface area (Å²) in [5.41, 5.74) is 2.50. The summed E-state index contributed by atoms with van der Waals surface area (Å²) >= 11 is 0. The zero-order valence-corrected chi connectivity index (χ0v) is 13.4. The van der Waals surface area contributed by atoms with Crippen LogP contribution in [-0.2, 0) is 16.4 Å². The van der Waals surface area contributed by atoms with Crippen LogP contribution in [0, 0.1) is 12.8 Å². The van der Waals surface area contributed by atoms with Crippen LogP contribution in [0.15, 0.2) is 18.2 Å². The molecule has 0 radical (unpaired) electrons. The van der Waals surface area contributed by atoms with Gasteiger partial charge in [-0.05, 0) is 31.7 Å². The lowest BCUT2D eigenvalue weighted by Crippen LogP contribution is -2.35. The van der Waals surface area contributed by atoms with Crippen LogP contribution in [0.4, 0.5) is 0 Å². The van der Waals surface area contributed by atoms with Gasteiger partial charge in [-0.1, -0.05) is 17.7 Å². The lowest BCUT2D eigenvalue weighted by atomic mass is 10.0. The van der Waals surface area contributed by atoms with E-state index >= 15 is 0 Å². The third-order valence-electron chi connectivity index (χ3n) is 4.47. The highest BCUT2D eigenvalue weighted by Crippen LogP contribution is 2.26. The van der Waals surface area contributed by atoms with Crippen LogP contribution in [0.1, 0.15) is 24.0 Å². The fourth-order valence-electron chi connectivity index (χ4n) is 3.22. The van der Waals surface area contributed by atoms with E-state index in [4.69, 9.17) is 4.74 Å². The van der Waals surface area contributed by atoms with E-state index in [2.05, 4.69) is 30.0 Å². The second kappa shape index (κ2) is 5.97. The first kappa shape index (κ1) is 14.9. The van der Waals surface area contributed by atoms with E-state index in [9.17, 15) is 8.42 Å². The summed E-state index contributed by atoms with van der Waals surface area (Å²) in [6.45, 7) is 5.60. The van der Waals surface area contributed by atoms with Gasteiger partial charge in [0.1, 0.15) is 22.2 Å². The minimum Gasteiger partial charge on any atom is -0.492 e. The summed E-state index contributed by atoms with van der Waals surface area (Å²) in [6.07, 6.45) is 1.61. The zero-order chi connectivity index (χ0) is 14.9. The fourth-order valence-corrected chi connectivity index (χ4v) is 4.81. The predicted octanol–water partition coefficient (Wildman–Crippen LogP) is 2.01. The van der Waals surface area contributed by atoms with Gasteiger partial charge in [-0.25, -0.2) is 8.42 Å². The second-order valence-corrected chi connectivity index (χ2v) is 8.59. The van der Waals surface area contributed by atoms with E-state index in [0.29, 0.717) is 24.0 Å². The maximum atomic E-state index is 11.5. The number of hydrogen-bond acceptors (Lipinski definition) is 4. The number of fused-ring (bicyclic) bond motifs is 1. The van der Waals surface area contributed by atoms with Crippen molar-refractivity contribution in [3.8, 4) is 5.75 Å². The number of ether oxygens (including phenoxy) is 1. The largest absolute Gasteiger partial charge is 0.492 e. The molecule has 2 aliphatic heterocycles. The van der Waals surface area contributed by atoms with Gasteiger partial charge in [-0.3, -0.25) is 4.90 Å². The van der Waals surface area contributed by atoms with Crippen molar-refractivity contribution in [1.29, 1.82) is 0 Å². The first-order valence-corrected chi connectivity index (χ1v) is 9.49. The first-order valence-electron chi connectivity index (χ1n) is 7.67. The van der Waals surface area contributed by atoms with E-state index < -0.39 is 9.84 Å². The van der Waals surface area contributed by atoms with Crippen LogP contribution in [0.25, 0.3) is 0 Å². The van der Waals surface area contributed by atoms with Crippen LogP contribution in [0.3, 0.4) is 0 Å². The van der Waals surface area contributed by atoms with Crippen molar-refractivity contribution in [3.05, 3.63) is 29.3 Å². The minimum absolute atomic E-state index is 0.359. The number of rotatable bonds is 2. The van der Waals surface area contributed by atoms with Crippen molar-refractivity contribution in [2.24, 2.45) is 5.92 Å². The Labute approximate surface area is 127 Å². The second-order valence-electron chi connectivity index (χ2n) is 6.29. The van der Waals surface area contributed by atoms with Crippen LogP contribution in [-0.4, -0.2) is 44.5 Å². The minimum atomic E-state index is -2.76. The Morgan fingerprint density at radius 3 is 2.81 bits per heavy atom. The molecule has 0 atom stereocenters. The first-order chi connectivity index (χ1) is 10.0. The average Bonchev–Trinajstić information content (AvgIpc) is 2.62. The maximum Gasteiger partial charge on any atom is 0.150 e. The molecule has 21 heavy (non-hydrogen) atoms. The third-order valence-corrected chi connectivity index (χ3v) is 6.18. The molecule has 2 heterocycles. The van der Waals surface area contributed by atoms with E-state index in [-0.39, 0.29) is 0 Å². The Bertz CT molecular complexity index is 598. The Kier molecular flexibility index (Phi) is 4.22. The molecule has 116 valence electrons. The standard InChI is InChI=1S/C16H23NO3S/c1-13-2-3-16-15(10-13)12-17(6-7-20-16)11-14-4-8-21(18,19)9-5-14/h2-3,10,14H,4-9,11-12H2,1H3. The molecule has 0 bridgehead atoms. The molecule has 0 spiro atoms. The van der Waals surface area contributed by atoms with Gasteiger partial charge >= 0.3 is 0 Å². The molecule has 0 unspecified atom stereocenters. The summed E-state index contributed by atoms with van der Waals surface area (Å²) in [5, 5.41) is 0. The van der Waals surface area contributed by atoms with Crippen molar-refractivity contribution < 1.29 is 13.2 Å². The van der Waals surface area contributed by atoms with Crippen molar-refractivity contribution in [3.63, 3.8) is 0 Å². The molecule has 1 aromatic carbocycles. The van der Waals surface area contributed by atoms with Gasteiger partial charge in [-0.2, -0.15) is 0 Å². The molecule has 4 nitrogen and oxygen atoms in total. The number of benzene rings is 1. The van der Waals surface area contributed by atoms with Gasteiger partial charge in [-0.15, -0.1) is 0 Å². The zero-order valence-electron chi connectivity index (χ0n) is 12.5. The van der Waals surface area contributed by atoms with E-state index in [1.54, 1.807) is 0 Å². The molecule has 0 aromatic heterocycles. The molecule has 0 aliphatic carbocycles. The smallest absolute Gasteiger partial charge is 0.150 e. The van der Waals surface area contributed by atoms with Crippen molar-refractivity contribution >= 4 is 9.84 Å². The monoisotopic (exact) mass is 309 g/mol. The van der Waals surface area contributed by atoms with Crippen molar-refractivity contribution in [2.45, 2.75) is 26.3 Å². The molecular weight excluding hydrogens is 286 g/mol. The molecule has 3 rings (SSSR count). The highest BCUT2D eigenvalue weighted by atomic mass is 32.2. The summed E-state index contributed by atoms with van der Waals surface area (Å²) in [4.78, 5) is 2.41. The van der Waals surface area contributed by atoms with E-state index in [1.807, 2.05) is 0 Å². The van der Waals surface area contributed by atoms with Crippen LogP contribution >= 0.6 is 0 Å². The van der Waals surface area contributed by atoms with Crippen LogP contribution < -0.4 is 4.74 Å². The average molecular weight is 309 g/mol. The number of aryl methyl sites for hydroxylation is 1. The van der Waals surface area contributed by atoms with Gasteiger partial charge in [0.2, 0.25) is 0 Å². The summed E-state index contributed by atoms with van der Waals surface area (Å²) in [5.74, 6) is 2.21. The molecule has 0 N–H and O–H groups in total. The lowest BCUT2D eigenvalue weighted by Gasteiger charge is -2.28. The Hall–Kier alpha value is -1.07. The van der Waals surface area contributed by atoms with Gasteiger partial charge in [0.05, 0.1) is 11.5 Å². The van der Waals surface area contributed by atoms with Gasteiger partial charge in [0.25, 0.3) is 0 Å². The quantitative estimate of drug-likeness (QED) is 0.838. The Balaban J connectivity index is 1.64. The molecule has 5 heteroatoms. The molecule has 0 saturated carbocycles. The van der Waals surface area contributed by atoms with E-state index in [0.717, 1.165) is 38.2 Å². The normalized spacial score (nSPS) is 23.1. The molecule has 2 aliphatic rings. The predicted molar refractivity (Wildman–Crippen MR) is 83.3 cm³/mol. The Morgan fingerprint density at radius 2 is 2.05 bits per heavy atom. The third kappa shape index (κ3) is 3.77. The molecule has 1 fully saturated rings. The molecule has 0 amide bonds. The summed E-state index contributed by atoms with van der Waals surface area (Å²) in [6, 6.07) is 6.33. The van der Waals surface area contributed by atoms with Gasteiger partial charge in [0, 0.05) is 25.2 Å². The van der Waals surface area contributed by atoms with Crippen molar-refractivity contribution in [1.82, 2.24) is 4.90 Å². The number of hydrogen-bond donors (Lipinski definition) is 0. The molecule has 1 saturated heterocycles. The SMILES string of the molecule is Cc1ccc2c(c1)CN(CC1CCS(=O)(=O)CC1)CCO2. The molecular formula is C16H23NO3S. The highest BCUT2D eigenvalue weighted by molar-refractivity contribution is 7.91. The molecule has 1 aromatic rings. The number of sulfone groups is 1. The highest BCUT2D eigenvalue weighted by Gasteiger charge is 2.26. The van der Waals surface area contributed by atoms with E-state index in [1.165, 1.54) is 11.1 Å². The topological polar surface area (TPSA) is 46.6 Å². The fraction of sp³-hybridized carbons (Fsp3) is 0.625. The number of nitrogens with zero attached hydrogens (tertiary/aromatic N) is 1. The summed E-state index contributed by atoms with van der Waals surface area (Å²) < 4.78 is 28.8. The van der Waals surface area contributed by atoms with Gasteiger partial charge in [0.15, 0.2) is 0 Å². The van der Waals surface area contributed by atoms with Gasteiger partial charge < -0.3 is 4.74 Å². The Morgan fingerprint density at radius 1 is 1.29 bits per heavy atom. The van der Waals surface area contributed by atoms with Crippen LogP contribution in [0.2, 0.25) is 0 Å². The van der Waals surface area contributed by atoms with Crippen LogP contribution in [0.5, 0.6) is 5.75 Å². The van der Waals surface area contributed by atoms with Crippen molar-refractivity contribution in [2.75, 3.05) is 31.2 Å². The maximum absolute atomic E-state index is 11.5. The summed E-state index contributed by atoms with van der Waals surface area (Å²) in [7, 11) is -2.76.